The maximum Gasteiger partial charge on any atom is 0.286 e. The minimum Gasteiger partial charge on any atom is -0.347 e. The van der Waals surface area contributed by atoms with Gasteiger partial charge >= 0.3 is 0 Å². The van der Waals surface area contributed by atoms with E-state index in [0.717, 1.165) is 0 Å². The molecule has 1 saturated heterocycles. The third kappa shape index (κ3) is 2.89. The van der Waals surface area contributed by atoms with Crippen molar-refractivity contribution in [1.82, 2.24) is 14.9 Å². The van der Waals surface area contributed by atoms with Crippen LogP contribution in [0, 0.1) is 11.8 Å². The molecule has 9 nitrogen and oxygen atoms in total. The van der Waals surface area contributed by atoms with Crippen molar-refractivity contribution in [2.24, 2.45) is 16.2 Å². The number of ketones is 1. The van der Waals surface area contributed by atoms with Gasteiger partial charge < -0.3 is 15.2 Å². The first kappa shape index (κ1) is 18.4. The van der Waals surface area contributed by atoms with Crippen LogP contribution in [0.2, 0.25) is 0 Å². The minimum atomic E-state index is -4.00. The van der Waals surface area contributed by atoms with Gasteiger partial charge in [0.05, 0.1) is 18.3 Å². The van der Waals surface area contributed by atoms with Gasteiger partial charge in [-0.2, -0.15) is 8.42 Å². The quantitative estimate of drug-likeness (QED) is 0.741. The van der Waals surface area contributed by atoms with Crippen LogP contribution in [0.3, 0.4) is 0 Å². The molecule has 1 aromatic carbocycles. The smallest absolute Gasteiger partial charge is 0.286 e. The molecule has 1 unspecified atom stereocenters. The summed E-state index contributed by atoms with van der Waals surface area (Å²) in [6.45, 7) is 3.82. The van der Waals surface area contributed by atoms with Crippen molar-refractivity contribution in [2.45, 2.75) is 31.3 Å². The molecule has 2 aliphatic rings. The van der Waals surface area contributed by atoms with Gasteiger partial charge in [0.2, 0.25) is 5.91 Å². The van der Waals surface area contributed by atoms with Crippen molar-refractivity contribution in [1.29, 1.82) is 0 Å². The largest absolute Gasteiger partial charge is 0.347 e. The fourth-order valence-electron chi connectivity index (χ4n) is 3.67. The van der Waals surface area contributed by atoms with Gasteiger partial charge in [-0.15, -0.1) is 4.40 Å². The van der Waals surface area contributed by atoms with E-state index in [2.05, 4.69) is 19.7 Å². The van der Waals surface area contributed by atoms with Gasteiger partial charge in [0, 0.05) is 12.4 Å². The molecule has 0 bridgehead atoms. The highest BCUT2D eigenvalue weighted by Crippen LogP contribution is 2.33. The van der Waals surface area contributed by atoms with Crippen molar-refractivity contribution in [3.05, 3.63) is 42.5 Å². The van der Waals surface area contributed by atoms with Gasteiger partial charge in [-0.1, -0.05) is 26.0 Å². The number of amides is 1. The average Bonchev–Trinajstić information content (AvgIpc) is 3.21. The van der Waals surface area contributed by atoms with E-state index in [1.54, 1.807) is 30.6 Å². The fraction of sp³-hybridized carbons (Fsp3) is 0.333. The number of hydrogen-bond donors (Lipinski definition) is 2. The molecule has 2 N–H and O–H groups in total. The van der Waals surface area contributed by atoms with E-state index < -0.39 is 27.9 Å². The molecule has 1 amide bonds. The number of sulfonamides is 1. The number of aromatic amines is 1. The first-order valence-corrected chi connectivity index (χ1v) is 10.3. The van der Waals surface area contributed by atoms with Crippen molar-refractivity contribution >= 4 is 33.2 Å². The van der Waals surface area contributed by atoms with Crippen LogP contribution >= 0.6 is 0 Å². The van der Waals surface area contributed by atoms with E-state index in [0.29, 0.717) is 11.5 Å². The molecule has 3 heterocycles. The number of Topliss-reactive ketones (excluding diaryl/α,β-unsaturated/α-hetero) is 1. The summed E-state index contributed by atoms with van der Waals surface area (Å²) in [6.07, 6.45) is 3.20. The number of likely N-dealkylation sites (tertiary alicyclic amines) is 1. The number of carbonyl (C=O) groups excluding carboxylic acids is 2. The van der Waals surface area contributed by atoms with E-state index in [-0.39, 0.29) is 29.0 Å². The lowest BCUT2D eigenvalue weighted by Gasteiger charge is -2.25. The molecular formula is C18H19N5O4S. The van der Waals surface area contributed by atoms with Crippen LogP contribution in [0.25, 0.3) is 0 Å². The number of aromatic nitrogens is 2. The number of para-hydroxylation sites is 1. The normalized spacial score (nSPS) is 23.5. The summed E-state index contributed by atoms with van der Waals surface area (Å²) in [6, 6.07) is 5.57. The number of nitrogens with one attached hydrogen (secondary N) is 2. The van der Waals surface area contributed by atoms with E-state index >= 15 is 0 Å². The SMILES string of the molecule is CC(C)[C@H]1C(=O)C(C2=NS(=O)(=O)c3ccccc3N2)C(=O)N1Cc1ncc[nH]1. The first-order valence-electron chi connectivity index (χ1n) is 8.83. The van der Waals surface area contributed by atoms with E-state index in [1.165, 1.54) is 11.0 Å². The second kappa shape index (κ2) is 6.55. The van der Waals surface area contributed by atoms with Crippen LogP contribution < -0.4 is 5.32 Å². The van der Waals surface area contributed by atoms with Crippen LogP contribution in [0.1, 0.15) is 19.7 Å². The molecular weight excluding hydrogens is 382 g/mol. The molecule has 0 spiro atoms. The van der Waals surface area contributed by atoms with Crippen molar-refractivity contribution < 1.29 is 18.0 Å². The summed E-state index contributed by atoms with van der Waals surface area (Å²) in [5.74, 6) is -1.89. The Labute approximate surface area is 161 Å². The lowest BCUT2D eigenvalue weighted by Crippen LogP contribution is -2.39. The number of rotatable bonds is 4. The second-order valence-electron chi connectivity index (χ2n) is 7.10. The van der Waals surface area contributed by atoms with E-state index in [4.69, 9.17) is 0 Å². The summed E-state index contributed by atoms with van der Waals surface area (Å²) in [5.41, 5.74) is 0.304. The number of imidazole rings is 1. The Morgan fingerprint density at radius 1 is 1.21 bits per heavy atom. The number of nitrogens with zero attached hydrogens (tertiary/aromatic N) is 3. The fourth-order valence-corrected chi connectivity index (χ4v) is 4.83. The van der Waals surface area contributed by atoms with Gasteiger partial charge in [0.15, 0.2) is 11.7 Å². The van der Waals surface area contributed by atoms with E-state index in [9.17, 15) is 18.0 Å². The van der Waals surface area contributed by atoms with Gasteiger partial charge in [-0.25, -0.2) is 4.98 Å². The lowest BCUT2D eigenvalue weighted by molar-refractivity contribution is -0.131. The summed E-state index contributed by atoms with van der Waals surface area (Å²) in [7, 11) is -4.00. The maximum absolute atomic E-state index is 13.1. The van der Waals surface area contributed by atoms with Gasteiger partial charge in [0.25, 0.3) is 10.0 Å². The number of anilines is 1. The molecule has 1 aromatic heterocycles. The van der Waals surface area contributed by atoms with Crippen LogP contribution in [0.5, 0.6) is 0 Å². The molecule has 0 aliphatic carbocycles. The number of H-pyrrole nitrogens is 1. The standard InChI is InChI=1S/C18H19N5O4S/c1-10(2)15-16(24)14(18(25)23(15)9-13-19-7-8-20-13)17-21-11-5-3-4-6-12(11)28(26,27)22-17/h3-8,10,14-15H,9H2,1-2H3,(H,19,20)(H,21,22)/t14?,15-/m0/s1. The molecule has 2 aliphatic heterocycles. The number of carbonyl (C=O) groups is 2. The maximum atomic E-state index is 13.1. The zero-order chi connectivity index (χ0) is 20.1. The highest BCUT2D eigenvalue weighted by atomic mass is 32.2. The summed E-state index contributed by atoms with van der Waals surface area (Å²) >= 11 is 0. The molecule has 1 fully saturated rings. The summed E-state index contributed by atoms with van der Waals surface area (Å²) in [4.78, 5) is 34.7. The Hall–Kier alpha value is -3.01. The average molecular weight is 401 g/mol. The Morgan fingerprint density at radius 2 is 1.96 bits per heavy atom. The topological polar surface area (TPSA) is 125 Å². The predicted molar refractivity (Wildman–Crippen MR) is 101 cm³/mol. The highest BCUT2D eigenvalue weighted by Gasteiger charge is 2.52. The number of amidine groups is 1. The summed E-state index contributed by atoms with van der Waals surface area (Å²) in [5, 5.41) is 2.87. The monoisotopic (exact) mass is 401 g/mol. The van der Waals surface area contributed by atoms with Gasteiger partial charge in [-0.3, -0.25) is 9.59 Å². The van der Waals surface area contributed by atoms with Crippen LogP contribution in [-0.2, 0) is 26.2 Å². The zero-order valence-electron chi connectivity index (χ0n) is 15.3. The lowest BCUT2D eigenvalue weighted by atomic mass is 9.95. The van der Waals surface area contributed by atoms with Crippen LogP contribution in [-0.4, -0.2) is 46.9 Å². The number of benzene rings is 1. The van der Waals surface area contributed by atoms with Gasteiger partial charge in [-0.05, 0) is 18.1 Å². The number of fused-ring (bicyclic) bond motifs is 1. The van der Waals surface area contributed by atoms with Gasteiger partial charge in [0.1, 0.15) is 16.6 Å². The first-order chi connectivity index (χ1) is 13.3. The molecule has 0 radical (unpaired) electrons. The molecule has 146 valence electrons. The van der Waals surface area contributed by atoms with Crippen LogP contribution in [0.4, 0.5) is 5.69 Å². The predicted octanol–water partition coefficient (Wildman–Crippen LogP) is 1.17. The third-order valence-corrected chi connectivity index (χ3v) is 6.22. The van der Waals surface area contributed by atoms with Crippen molar-refractivity contribution in [3.63, 3.8) is 0 Å². The second-order valence-corrected chi connectivity index (χ2v) is 8.67. The number of hydrogen-bond acceptors (Lipinski definition) is 6. The van der Waals surface area contributed by atoms with E-state index in [1.807, 2.05) is 13.8 Å². The Morgan fingerprint density at radius 3 is 2.64 bits per heavy atom. The molecule has 0 saturated carbocycles. The molecule has 4 rings (SSSR count). The molecule has 2 atom stereocenters. The Bertz CT molecular complexity index is 1080. The Balaban J connectivity index is 1.73. The molecule has 10 heteroatoms. The van der Waals surface area contributed by atoms with Crippen LogP contribution in [0.15, 0.2) is 46.0 Å². The minimum absolute atomic E-state index is 0.0181. The highest BCUT2D eigenvalue weighted by molar-refractivity contribution is 7.90. The van der Waals surface area contributed by atoms with Crippen molar-refractivity contribution in [3.8, 4) is 0 Å². The molecule has 2 aromatic rings. The Kier molecular flexibility index (Phi) is 4.30. The third-order valence-electron chi connectivity index (χ3n) is 4.87. The summed E-state index contributed by atoms with van der Waals surface area (Å²) < 4.78 is 28.8. The zero-order valence-corrected chi connectivity index (χ0v) is 16.1. The van der Waals surface area contributed by atoms with Crippen molar-refractivity contribution in [2.75, 3.05) is 5.32 Å². The molecule has 28 heavy (non-hydrogen) atoms.